The maximum atomic E-state index is 14.2. The molecule has 0 saturated carbocycles. The minimum absolute atomic E-state index is 0.0913. The Bertz CT molecular complexity index is 2120. The summed E-state index contributed by atoms with van der Waals surface area (Å²) < 4.78 is 23.7. The first kappa shape index (κ1) is 34.9. The number of aliphatic imine (C=N–C) groups is 1. The van der Waals surface area contributed by atoms with Crippen molar-refractivity contribution in [3.05, 3.63) is 106 Å². The van der Waals surface area contributed by atoms with Gasteiger partial charge in [0.25, 0.3) is 11.8 Å². The second-order valence-corrected chi connectivity index (χ2v) is 14.5. The molecule has 4 aliphatic rings. The number of carbonyl (C=O) groups is 2. The van der Waals surface area contributed by atoms with Crippen LogP contribution in [0.3, 0.4) is 0 Å². The number of rotatable bonds is 9. The molecule has 3 atom stereocenters. The molecule has 274 valence electrons. The van der Waals surface area contributed by atoms with Gasteiger partial charge in [0.2, 0.25) is 0 Å². The zero-order valence-electron chi connectivity index (χ0n) is 29.9. The molecule has 0 aromatic heterocycles. The van der Waals surface area contributed by atoms with Crippen LogP contribution < -0.4 is 23.8 Å². The number of thiol groups is 1. The van der Waals surface area contributed by atoms with Crippen molar-refractivity contribution in [3.8, 4) is 23.0 Å². The number of likely N-dealkylation sites (N-methyl/N-ethyl adjacent to an activating group) is 1. The second kappa shape index (κ2) is 14.0. The molecule has 2 amide bonds. The molecule has 8 rings (SSSR count). The molecule has 12 heteroatoms. The number of fused-ring (bicyclic) bond motifs is 6. The van der Waals surface area contributed by atoms with Gasteiger partial charge in [0.05, 0.1) is 56.0 Å². The lowest BCUT2D eigenvalue weighted by Gasteiger charge is -2.47. The number of aliphatic hydroxyl groups excluding tert-OH is 1. The average molecular weight is 735 g/mol. The number of nitrogens with zero attached hydrogens (tertiary/aromatic N) is 4. The smallest absolute Gasteiger partial charge is 0.257 e. The number of hydrogen-bond acceptors (Lipinski definition) is 10. The Morgan fingerprint density at radius 3 is 2.11 bits per heavy atom. The molecule has 4 aromatic carbocycles. The summed E-state index contributed by atoms with van der Waals surface area (Å²) in [5, 5.41) is 11.8. The van der Waals surface area contributed by atoms with Crippen molar-refractivity contribution in [1.29, 1.82) is 0 Å². The summed E-state index contributed by atoms with van der Waals surface area (Å²) in [5.74, 6) is 1.44. The normalized spacial score (nSPS) is 21.3. The van der Waals surface area contributed by atoms with Crippen molar-refractivity contribution in [1.82, 2.24) is 9.80 Å². The van der Waals surface area contributed by atoms with E-state index in [1.54, 1.807) is 41.2 Å². The summed E-state index contributed by atoms with van der Waals surface area (Å²) in [6, 6.07) is 22.9. The number of carbonyl (C=O) groups excluding carboxylic acids is 2. The molecule has 1 N–H and O–H groups in total. The zero-order chi connectivity index (χ0) is 36.9. The minimum atomic E-state index is -1.15. The number of aliphatic hydroxyl groups is 1. The van der Waals surface area contributed by atoms with Gasteiger partial charge in [0, 0.05) is 50.8 Å². The Hall–Kier alpha value is -5.20. The van der Waals surface area contributed by atoms with Crippen molar-refractivity contribution in [2.75, 3.05) is 38.9 Å². The molecule has 0 bridgehead atoms. The fourth-order valence-corrected chi connectivity index (χ4v) is 8.36. The maximum absolute atomic E-state index is 14.2. The number of benzene rings is 4. The highest BCUT2D eigenvalue weighted by atomic mass is 32.1. The SMILES string of the molecule is CCN1c2cc(OCCCOc3cc4c(cc3OC)C(=O)N3Cc5ccccc5CC3C=N4)c(OC)cc2C(=O)N2Cc3ccccc3CC2(S)C1O. The predicted octanol–water partition coefficient (Wildman–Crippen LogP) is 5.82. The van der Waals surface area contributed by atoms with E-state index in [4.69, 9.17) is 36.6 Å². The Morgan fingerprint density at radius 2 is 1.43 bits per heavy atom. The van der Waals surface area contributed by atoms with Gasteiger partial charge in [-0.1, -0.05) is 48.5 Å². The van der Waals surface area contributed by atoms with E-state index in [1.165, 1.54) is 12.7 Å². The van der Waals surface area contributed by atoms with Crippen LogP contribution in [-0.4, -0.2) is 84.1 Å². The lowest BCUT2D eigenvalue weighted by atomic mass is 9.92. The third kappa shape index (κ3) is 6.03. The molecule has 0 spiro atoms. The summed E-state index contributed by atoms with van der Waals surface area (Å²) in [7, 11) is 3.09. The van der Waals surface area contributed by atoms with Crippen LogP contribution in [-0.2, 0) is 25.9 Å². The van der Waals surface area contributed by atoms with Crippen molar-refractivity contribution < 1.29 is 33.6 Å². The van der Waals surface area contributed by atoms with E-state index in [-0.39, 0.29) is 24.5 Å². The summed E-state index contributed by atoms with van der Waals surface area (Å²) in [6.07, 6.45) is 2.38. The molecule has 4 aromatic rings. The van der Waals surface area contributed by atoms with E-state index in [0.29, 0.717) is 91.0 Å². The number of hydrogen-bond donors (Lipinski definition) is 2. The van der Waals surface area contributed by atoms with E-state index >= 15 is 0 Å². The van der Waals surface area contributed by atoms with Crippen LogP contribution in [0.5, 0.6) is 23.0 Å². The first-order chi connectivity index (χ1) is 25.7. The average Bonchev–Trinajstić information content (AvgIpc) is 3.34. The van der Waals surface area contributed by atoms with Gasteiger partial charge in [-0.25, -0.2) is 0 Å². The van der Waals surface area contributed by atoms with Crippen molar-refractivity contribution in [2.24, 2.45) is 4.99 Å². The standard InChI is InChI=1S/C41H42N4O7S/c1-4-43-33-20-37(35(50-3)18-31(33)39(47)45-24-28-13-8-6-11-26(28)21-41(45,53)40(43)48)52-15-9-14-51-36-19-32-30(17-34(36)49-2)38(46)44-23-27-12-7-5-10-25(27)16-29(44)22-42-32/h5-8,10-13,17-20,22,29,40,48,53H,4,9,14-16,21,23-24H2,1-3H3. The van der Waals surface area contributed by atoms with E-state index < -0.39 is 11.1 Å². The highest BCUT2D eigenvalue weighted by Gasteiger charge is 2.51. The van der Waals surface area contributed by atoms with E-state index in [9.17, 15) is 14.7 Å². The molecule has 4 heterocycles. The van der Waals surface area contributed by atoms with Gasteiger partial charge in [-0.05, 0) is 47.7 Å². The van der Waals surface area contributed by atoms with Crippen LogP contribution in [0.15, 0.2) is 77.8 Å². The molecular formula is C41H42N4O7S. The van der Waals surface area contributed by atoms with Crippen LogP contribution in [0, 0.1) is 0 Å². The van der Waals surface area contributed by atoms with E-state index in [2.05, 4.69) is 12.1 Å². The molecule has 0 radical (unpaired) electrons. The summed E-state index contributed by atoms with van der Waals surface area (Å²) in [6.45, 7) is 3.79. The lowest BCUT2D eigenvalue weighted by Crippen LogP contribution is -2.61. The molecule has 4 aliphatic heterocycles. The molecule has 11 nitrogen and oxygen atoms in total. The second-order valence-electron chi connectivity index (χ2n) is 13.7. The van der Waals surface area contributed by atoms with Crippen molar-refractivity contribution >= 4 is 42.0 Å². The van der Waals surface area contributed by atoms with E-state index in [0.717, 1.165) is 16.7 Å². The maximum Gasteiger partial charge on any atom is 0.257 e. The minimum Gasteiger partial charge on any atom is -0.493 e. The molecule has 0 fully saturated rings. The number of ether oxygens (including phenoxy) is 4. The van der Waals surface area contributed by atoms with Crippen LogP contribution in [0.4, 0.5) is 11.4 Å². The van der Waals surface area contributed by atoms with Crippen molar-refractivity contribution in [3.63, 3.8) is 0 Å². The van der Waals surface area contributed by atoms with Gasteiger partial charge < -0.3 is 38.8 Å². The lowest BCUT2D eigenvalue weighted by molar-refractivity contribution is 0.0178. The third-order valence-corrected chi connectivity index (χ3v) is 11.4. The van der Waals surface area contributed by atoms with Crippen LogP contribution >= 0.6 is 12.6 Å². The predicted molar refractivity (Wildman–Crippen MR) is 204 cm³/mol. The van der Waals surface area contributed by atoms with Gasteiger partial charge in [-0.2, -0.15) is 0 Å². The van der Waals surface area contributed by atoms with E-state index in [1.807, 2.05) is 54.4 Å². The Kier molecular flexibility index (Phi) is 9.20. The molecular weight excluding hydrogens is 693 g/mol. The molecule has 0 saturated heterocycles. The van der Waals surface area contributed by atoms with Crippen LogP contribution in [0.1, 0.15) is 56.3 Å². The van der Waals surface area contributed by atoms with Crippen molar-refractivity contribution in [2.45, 2.75) is 56.4 Å². The fraction of sp³-hybridized carbons (Fsp3) is 0.341. The monoisotopic (exact) mass is 734 g/mol. The summed E-state index contributed by atoms with van der Waals surface area (Å²) in [5.41, 5.74) is 6.44. The van der Waals surface area contributed by atoms with Gasteiger partial charge in [0.1, 0.15) is 4.87 Å². The van der Waals surface area contributed by atoms with Gasteiger partial charge >= 0.3 is 0 Å². The molecule has 0 aliphatic carbocycles. The molecule has 53 heavy (non-hydrogen) atoms. The third-order valence-electron chi connectivity index (χ3n) is 10.7. The topological polar surface area (TPSA) is 113 Å². The number of amides is 2. The van der Waals surface area contributed by atoms with Gasteiger partial charge in [-0.15, -0.1) is 12.6 Å². The van der Waals surface area contributed by atoms with Crippen LogP contribution in [0.25, 0.3) is 0 Å². The first-order valence-electron chi connectivity index (χ1n) is 17.9. The Labute approximate surface area is 314 Å². The summed E-state index contributed by atoms with van der Waals surface area (Å²) >= 11 is 5.01. The highest BCUT2D eigenvalue weighted by Crippen LogP contribution is 2.46. The van der Waals surface area contributed by atoms with Gasteiger partial charge in [-0.3, -0.25) is 14.6 Å². The number of methoxy groups -OCH3 is 2. The fourth-order valence-electron chi connectivity index (χ4n) is 7.89. The summed E-state index contributed by atoms with van der Waals surface area (Å²) in [4.78, 5) is 36.8. The largest absolute Gasteiger partial charge is 0.493 e. The highest BCUT2D eigenvalue weighted by molar-refractivity contribution is 7.81. The zero-order valence-corrected chi connectivity index (χ0v) is 30.8. The Balaban J connectivity index is 0.971. The quantitative estimate of drug-likeness (QED) is 0.164. The van der Waals surface area contributed by atoms with Gasteiger partial charge in [0.15, 0.2) is 29.2 Å². The van der Waals surface area contributed by atoms with Crippen LogP contribution in [0.2, 0.25) is 0 Å². The number of anilines is 1. The Morgan fingerprint density at radius 1 is 0.811 bits per heavy atom. The first-order valence-corrected chi connectivity index (χ1v) is 18.4. The molecule has 3 unspecified atom stereocenters.